The number of rotatable bonds is 8. The zero-order valence-electron chi connectivity index (χ0n) is 16.9. The maximum absolute atomic E-state index is 11.1. The van der Waals surface area contributed by atoms with E-state index in [0.29, 0.717) is 5.41 Å². The van der Waals surface area contributed by atoms with E-state index in [-0.39, 0.29) is 18.4 Å². The van der Waals surface area contributed by atoms with Gasteiger partial charge in [-0.2, -0.15) is 0 Å². The molecule has 0 radical (unpaired) electrons. The number of allylic oxidation sites excluding steroid dienone is 3. The normalized spacial score (nSPS) is 25.7. The molecule has 1 N–H and O–H groups in total. The van der Waals surface area contributed by atoms with E-state index in [4.69, 9.17) is 9.84 Å². The molecule has 3 aliphatic carbocycles. The molecule has 3 aliphatic rings. The van der Waals surface area contributed by atoms with Crippen molar-refractivity contribution < 1.29 is 14.6 Å². The molecule has 0 saturated heterocycles. The fourth-order valence-electron chi connectivity index (χ4n) is 5.21. The Morgan fingerprint density at radius 3 is 2.70 bits per heavy atom. The van der Waals surface area contributed by atoms with Crippen LogP contribution in [0.5, 0.6) is 0 Å². The Morgan fingerprint density at radius 2 is 2.04 bits per heavy atom. The van der Waals surface area contributed by atoms with Crippen molar-refractivity contribution in [1.29, 1.82) is 0 Å². The first-order valence-corrected chi connectivity index (χ1v) is 11.0. The number of carboxylic acids is 1. The van der Waals surface area contributed by atoms with Gasteiger partial charge in [-0.15, -0.1) is 0 Å². The fourth-order valence-corrected chi connectivity index (χ4v) is 5.21. The van der Waals surface area contributed by atoms with Gasteiger partial charge in [-0.05, 0) is 67.4 Å². The standard InChI is InChI=1S/C24H36O3/c1-2-7-21(16-23(25)26)20-9-11-22(12-10-20)27-18-19-8-6-15-24(17-19)13-4-3-5-14-24/h9-11,17,21-22H,2-8,12-16,18H2,1H3,(H,25,26). The van der Waals surface area contributed by atoms with Gasteiger partial charge in [-0.3, -0.25) is 4.79 Å². The lowest BCUT2D eigenvalue weighted by molar-refractivity contribution is -0.137. The Bertz CT molecular complexity index is 593. The Hall–Kier alpha value is -1.35. The van der Waals surface area contributed by atoms with Gasteiger partial charge < -0.3 is 9.84 Å². The molecule has 1 saturated carbocycles. The van der Waals surface area contributed by atoms with Gasteiger partial charge in [0, 0.05) is 0 Å². The summed E-state index contributed by atoms with van der Waals surface area (Å²) in [5.74, 6) is -0.570. The minimum atomic E-state index is -0.706. The zero-order chi connectivity index (χ0) is 19.1. The van der Waals surface area contributed by atoms with Crippen LogP contribution in [0.2, 0.25) is 0 Å². The van der Waals surface area contributed by atoms with Crippen LogP contribution in [-0.4, -0.2) is 23.8 Å². The topological polar surface area (TPSA) is 46.5 Å². The Morgan fingerprint density at radius 1 is 1.26 bits per heavy atom. The van der Waals surface area contributed by atoms with Crippen LogP contribution in [0.1, 0.15) is 84.0 Å². The van der Waals surface area contributed by atoms with Crippen LogP contribution in [0.4, 0.5) is 0 Å². The summed E-state index contributed by atoms with van der Waals surface area (Å²) in [5, 5.41) is 9.14. The molecule has 27 heavy (non-hydrogen) atoms. The lowest BCUT2D eigenvalue weighted by atomic mass is 9.67. The monoisotopic (exact) mass is 372 g/mol. The lowest BCUT2D eigenvalue weighted by Gasteiger charge is -2.38. The van der Waals surface area contributed by atoms with Gasteiger partial charge in [0.2, 0.25) is 0 Å². The van der Waals surface area contributed by atoms with Gasteiger partial charge in [0.05, 0.1) is 19.1 Å². The van der Waals surface area contributed by atoms with Gasteiger partial charge in [0.25, 0.3) is 0 Å². The first-order valence-electron chi connectivity index (χ1n) is 11.0. The van der Waals surface area contributed by atoms with E-state index < -0.39 is 5.97 Å². The second kappa shape index (κ2) is 9.73. The van der Waals surface area contributed by atoms with Crippen molar-refractivity contribution in [2.24, 2.45) is 11.3 Å². The molecule has 0 amide bonds. The van der Waals surface area contributed by atoms with Crippen molar-refractivity contribution in [3.05, 3.63) is 35.5 Å². The van der Waals surface area contributed by atoms with Crippen molar-refractivity contribution in [2.75, 3.05) is 6.61 Å². The summed E-state index contributed by atoms with van der Waals surface area (Å²) in [6.07, 6.45) is 23.0. The smallest absolute Gasteiger partial charge is 0.303 e. The van der Waals surface area contributed by atoms with Crippen LogP contribution >= 0.6 is 0 Å². The van der Waals surface area contributed by atoms with Gasteiger partial charge in [0.1, 0.15) is 0 Å². The molecular formula is C24H36O3. The second-order valence-corrected chi connectivity index (χ2v) is 8.81. The SMILES string of the molecule is CCCC(CC(=O)O)C1=CCC(OCC2=CC3(CCCCC3)CCC2)C=C1. The second-order valence-electron chi connectivity index (χ2n) is 8.81. The molecule has 0 aliphatic heterocycles. The molecule has 0 bridgehead atoms. The van der Waals surface area contributed by atoms with E-state index in [1.807, 2.05) is 0 Å². The molecular weight excluding hydrogens is 336 g/mol. The fraction of sp³-hybridized carbons (Fsp3) is 0.708. The number of carbonyl (C=O) groups is 1. The van der Waals surface area contributed by atoms with Crippen molar-refractivity contribution in [3.63, 3.8) is 0 Å². The summed E-state index contributed by atoms with van der Waals surface area (Å²) in [4.78, 5) is 11.1. The summed E-state index contributed by atoms with van der Waals surface area (Å²) in [6, 6.07) is 0. The van der Waals surface area contributed by atoms with E-state index in [9.17, 15) is 4.79 Å². The summed E-state index contributed by atoms with van der Waals surface area (Å²) in [6.45, 7) is 2.87. The third-order valence-corrected chi connectivity index (χ3v) is 6.63. The van der Waals surface area contributed by atoms with E-state index in [2.05, 4.69) is 31.2 Å². The molecule has 2 atom stereocenters. The molecule has 3 rings (SSSR count). The van der Waals surface area contributed by atoms with Gasteiger partial charge in [-0.25, -0.2) is 0 Å². The average molecular weight is 373 g/mol. The molecule has 2 unspecified atom stereocenters. The highest BCUT2D eigenvalue weighted by Gasteiger charge is 2.32. The minimum Gasteiger partial charge on any atom is -0.481 e. The maximum Gasteiger partial charge on any atom is 0.303 e. The number of ether oxygens (including phenoxy) is 1. The Balaban J connectivity index is 1.51. The number of hydrogen-bond acceptors (Lipinski definition) is 2. The average Bonchev–Trinajstić information content (AvgIpc) is 2.67. The lowest BCUT2D eigenvalue weighted by Crippen LogP contribution is -2.26. The number of carboxylic acid groups (broad SMARTS) is 1. The molecule has 1 spiro atoms. The maximum atomic E-state index is 11.1. The van der Waals surface area contributed by atoms with Crippen molar-refractivity contribution in [3.8, 4) is 0 Å². The van der Waals surface area contributed by atoms with Gasteiger partial charge in [-0.1, -0.05) is 56.9 Å². The first kappa shape index (κ1) is 20.4. The van der Waals surface area contributed by atoms with Crippen molar-refractivity contribution in [2.45, 2.75) is 90.1 Å². The van der Waals surface area contributed by atoms with E-state index in [1.165, 1.54) is 62.5 Å². The van der Waals surface area contributed by atoms with Crippen LogP contribution < -0.4 is 0 Å². The molecule has 0 aromatic carbocycles. The molecule has 3 heteroatoms. The summed E-state index contributed by atoms with van der Waals surface area (Å²) in [5.41, 5.74) is 3.16. The summed E-state index contributed by atoms with van der Waals surface area (Å²) in [7, 11) is 0. The predicted octanol–water partition coefficient (Wildman–Crippen LogP) is 6.21. The van der Waals surface area contributed by atoms with Crippen LogP contribution in [0.15, 0.2) is 35.5 Å². The minimum absolute atomic E-state index is 0.131. The van der Waals surface area contributed by atoms with Crippen LogP contribution in [0.3, 0.4) is 0 Å². The predicted molar refractivity (Wildman–Crippen MR) is 110 cm³/mol. The molecule has 150 valence electrons. The molecule has 1 fully saturated rings. The quantitative estimate of drug-likeness (QED) is 0.515. The van der Waals surface area contributed by atoms with Gasteiger partial charge in [0.15, 0.2) is 0 Å². The molecule has 0 aromatic heterocycles. The molecule has 0 heterocycles. The highest BCUT2D eigenvalue weighted by atomic mass is 16.5. The highest BCUT2D eigenvalue weighted by Crippen LogP contribution is 2.45. The molecule has 0 aromatic rings. The Kier molecular flexibility index (Phi) is 7.34. The van der Waals surface area contributed by atoms with Crippen LogP contribution in [-0.2, 0) is 9.53 Å². The largest absolute Gasteiger partial charge is 0.481 e. The third-order valence-electron chi connectivity index (χ3n) is 6.63. The van der Waals surface area contributed by atoms with Crippen molar-refractivity contribution in [1.82, 2.24) is 0 Å². The molecule has 3 nitrogen and oxygen atoms in total. The zero-order valence-corrected chi connectivity index (χ0v) is 16.9. The van der Waals surface area contributed by atoms with Crippen molar-refractivity contribution >= 4 is 5.97 Å². The Labute approximate surface area is 164 Å². The number of hydrogen-bond donors (Lipinski definition) is 1. The van der Waals surface area contributed by atoms with Gasteiger partial charge >= 0.3 is 5.97 Å². The highest BCUT2D eigenvalue weighted by molar-refractivity contribution is 5.67. The summed E-state index contributed by atoms with van der Waals surface area (Å²) >= 11 is 0. The van der Waals surface area contributed by atoms with Crippen LogP contribution in [0.25, 0.3) is 0 Å². The van der Waals surface area contributed by atoms with Crippen LogP contribution in [0, 0.1) is 11.3 Å². The summed E-state index contributed by atoms with van der Waals surface area (Å²) < 4.78 is 6.21. The van der Waals surface area contributed by atoms with E-state index >= 15 is 0 Å². The van der Waals surface area contributed by atoms with E-state index in [0.717, 1.165) is 25.9 Å². The first-order chi connectivity index (χ1) is 13.1. The number of aliphatic carboxylic acids is 1. The van der Waals surface area contributed by atoms with E-state index in [1.54, 1.807) is 0 Å². The third kappa shape index (κ3) is 5.81.